The van der Waals surface area contributed by atoms with E-state index in [0.717, 1.165) is 63.1 Å². The van der Waals surface area contributed by atoms with Crippen LogP contribution in [-0.4, -0.2) is 54.4 Å². The number of para-hydroxylation sites is 1. The first-order valence-electron chi connectivity index (χ1n) is 13.4. The largest absolute Gasteiger partial charge is 0.496 e. The van der Waals surface area contributed by atoms with E-state index in [9.17, 15) is 9.59 Å². The number of rotatable bonds is 6. The number of fused-ring (bicyclic) bond motifs is 1. The first kappa shape index (κ1) is 23.9. The summed E-state index contributed by atoms with van der Waals surface area (Å²) in [5.41, 5.74) is 2.11. The van der Waals surface area contributed by atoms with Crippen molar-refractivity contribution in [2.45, 2.75) is 63.3 Å². The number of carbonyl (C=O) groups excluding carboxylic acids is 2. The number of likely N-dealkylation sites (tertiary alicyclic amines) is 2. The molecule has 0 spiro atoms. The summed E-state index contributed by atoms with van der Waals surface area (Å²) in [6, 6.07) is 18.5. The third-order valence-corrected chi connectivity index (χ3v) is 8.53. The molecule has 0 N–H and O–H groups in total. The molecule has 186 valence electrons. The highest BCUT2D eigenvalue weighted by Crippen LogP contribution is 2.41. The monoisotopic (exact) mass is 474 g/mol. The summed E-state index contributed by atoms with van der Waals surface area (Å²) in [6.07, 6.45) is 8.12. The van der Waals surface area contributed by atoms with Crippen molar-refractivity contribution in [1.29, 1.82) is 0 Å². The minimum absolute atomic E-state index is 0.0253. The molecule has 2 aliphatic heterocycles. The summed E-state index contributed by atoms with van der Waals surface area (Å²) < 4.78 is 5.45. The van der Waals surface area contributed by atoms with Gasteiger partial charge >= 0.3 is 0 Å². The molecule has 35 heavy (non-hydrogen) atoms. The van der Waals surface area contributed by atoms with Gasteiger partial charge in [-0.15, -0.1) is 0 Å². The molecular weight excluding hydrogens is 436 g/mol. The number of benzene rings is 2. The highest BCUT2D eigenvalue weighted by molar-refractivity contribution is 5.85. The predicted octanol–water partition coefficient (Wildman–Crippen LogP) is 5.05. The lowest BCUT2D eigenvalue weighted by Gasteiger charge is -2.48. The summed E-state index contributed by atoms with van der Waals surface area (Å²) in [5, 5.41) is 0. The molecule has 2 aromatic rings. The Hall–Kier alpha value is -2.82. The van der Waals surface area contributed by atoms with E-state index in [1.807, 2.05) is 35.2 Å². The van der Waals surface area contributed by atoms with Crippen LogP contribution in [0.25, 0.3) is 0 Å². The lowest BCUT2D eigenvalue weighted by atomic mass is 9.79. The average Bonchev–Trinajstić information content (AvgIpc) is 3.43. The second-order valence-electron chi connectivity index (χ2n) is 10.6. The lowest BCUT2D eigenvalue weighted by molar-refractivity contribution is -0.143. The van der Waals surface area contributed by atoms with Gasteiger partial charge < -0.3 is 14.5 Å². The van der Waals surface area contributed by atoms with Crippen molar-refractivity contribution < 1.29 is 14.3 Å². The van der Waals surface area contributed by atoms with Crippen LogP contribution in [0, 0.1) is 11.8 Å². The maximum absolute atomic E-state index is 14.1. The number of carbonyl (C=O) groups is 2. The van der Waals surface area contributed by atoms with Crippen LogP contribution in [0.3, 0.4) is 0 Å². The minimum atomic E-state index is -0.0253. The number of methoxy groups -OCH3 is 1. The Morgan fingerprint density at radius 1 is 0.914 bits per heavy atom. The van der Waals surface area contributed by atoms with E-state index < -0.39 is 0 Å². The van der Waals surface area contributed by atoms with Gasteiger partial charge in [0, 0.05) is 31.2 Å². The number of hydrogen-bond acceptors (Lipinski definition) is 3. The molecule has 5 heteroatoms. The Balaban J connectivity index is 1.28. The topological polar surface area (TPSA) is 49.9 Å². The van der Waals surface area contributed by atoms with Gasteiger partial charge in [0.05, 0.1) is 19.4 Å². The van der Waals surface area contributed by atoms with E-state index in [1.54, 1.807) is 7.11 Å². The smallest absolute Gasteiger partial charge is 0.230 e. The van der Waals surface area contributed by atoms with Gasteiger partial charge in [-0.05, 0) is 55.6 Å². The summed E-state index contributed by atoms with van der Waals surface area (Å²) in [7, 11) is 1.65. The SMILES string of the molecule is COc1ccccc1CC(=O)N1CC[C@@H]2[C@H](CCCN2C(=O)[C@@H](c2ccccc2)C2CCCC2)C1. The van der Waals surface area contributed by atoms with Crippen LogP contribution in [-0.2, 0) is 16.0 Å². The molecule has 2 heterocycles. The van der Waals surface area contributed by atoms with Gasteiger partial charge in [0.25, 0.3) is 0 Å². The first-order chi connectivity index (χ1) is 17.2. The van der Waals surface area contributed by atoms with Crippen molar-refractivity contribution in [3.8, 4) is 5.75 Å². The molecule has 3 atom stereocenters. The summed E-state index contributed by atoms with van der Waals surface area (Å²) in [5.74, 6) is 2.04. The molecule has 2 aromatic carbocycles. The fourth-order valence-electron chi connectivity index (χ4n) is 6.77. The van der Waals surface area contributed by atoms with E-state index >= 15 is 0 Å². The van der Waals surface area contributed by atoms with Crippen molar-refractivity contribution in [3.63, 3.8) is 0 Å². The van der Waals surface area contributed by atoms with Gasteiger partial charge in [0.1, 0.15) is 5.75 Å². The number of ether oxygens (including phenoxy) is 1. The van der Waals surface area contributed by atoms with Crippen molar-refractivity contribution in [2.24, 2.45) is 11.8 Å². The van der Waals surface area contributed by atoms with Crippen molar-refractivity contribution in [2.75, 3.05) is 26.7 Å². The molecule has 1 saturated carbocycles. The second-order valence-corrected chi connectivity index (χ2v) is 10.6. The van der Waals surface area contributed by atoms with Crippen LogP contribution < -0.4 is 4.74 Å². The molecular formula is C30H38N2O3. The Morgan fingerprint density at radius 3 is 2.43 bits per heavy atom. The average molecular weight is 475 g/mol. The number of piperidine rings is 2. The molecule has 5 nitrogen and oxygen atoms in total. The number of amides is 2. The zero-order valence-corrected chi connectivity index (χ0v) is 20.9. The summed E-state index contributed by atoms with van der Waals surface area (Å²) in [4.78, 5) is 31.5. The second kappa shape index (κ2) is 10.8. The van der Waals surface area contributed by atoms with Crippen molar-refractivity contribution in [3.05, 3.63) is 65.7 Å². The Labute approximate surface area is 209 Å². The molecule has 1 aliphatic carbocycles. The van der Waals surface area contributed by atoms with Crippen LogP contribution in [0.2, 0.25) is 0 Å². The van der Waals surface area contributed by atoms with Crippen molar-refractivity contribution in [1.82, 2.24) is 9.80 Å². The van der Waals surface area contributed by atoms with E-state index in [-0.39, 0.29) is 17.9 Å². The Bertz CT molecular complexity index is 1020. The van der Waals surface area contributed by atoms with Gasteiger partial charge in [-0.25, -0.2) is 0 Å². The van der Waals surface area contributed by atoms with Gasteiger partial charge in [-0.2, -0.15) is 0 Å². The molecule has 2 saturated heterocycles. The van der Waals surface area contributed by atoms with Gasteiger partial charge in [-0.3, -0.25) is 9.59 Å². The quantitative estimate of drug-likeness (QED) is 0.589. The highest BCUT2D eigenvalue weighted by atomic mass is 16.5. The fraction of sp³-hybridized carbons (Fsp3) is 0.533. The van der Waals surface area contributed by atoms with Crippen LogP contribution in [0.15, 0.2) is 54.6 Å². The van der Waals surface area contributed by atoms with E-state index in [4.69, 9.17) is 4.74 Å². The zero-order valence-electron chi connectivity index (χ0n) is 20.9. The third-order valence-electron chi connectivity index (χ3n) is 8.53. The molecule has 3 aliphatic rings. The number of hydrogen-bond donors (Lipinski definition) is 0. The van der Waals surface area contributed by atoms with Crippen LogP contribution in [0.4, 0.5) is 0 Å². The fourth-order valence-corrected chi connectivity index (χ4v) is 6.77. The molecule has 5 rings (SSSR count). The Morgan fingerprint density at radius 2 is 1.66 bits per heavy atom. The number of nitrogens with zero attached hydrogens (tertiary/aromatic N) is 2. The van der Waals surface area contributed by atoms with Gasteiger partial charge in [-0.1, -0.05) is 61.4 Å². The van der Waals surface area contributed by atoms with Gasteiger partial charge in [0.2, 0.25) is 11.8 Å². The van der Waals surface area contributed by atoms with Crippen LogP contribution in [0.1, 0.15) is 62.0 Å². The molecule has 2 amide bonds. The molecule has 0 unspecified atom stereocenters. The lowest BCUT2D eigenvalue weighted by Crippen LogP contribution is -2.57. The molecule has 3 fully saturated rings. The molecule has 0 bridgehead atoms. The third kappa shape index (κ3) is 5.10. The minimum Gasteiger partial charge on any atom is -0.496 e. The Kier molecular flexibility index (Phi) is 7.40. The highest BCUT2D eigenvalue weighted by Gasteiger charge is 2.43. The zero-order chi connectivity index (χ0) is 24.2. The predicted molar refractivity (Wildman–Crippen MR) is 137 cm³/mol. The van der Waals surface area contributed by atoms with Crippen LogP contribution in [0.5, 0.6) is 5.75 Å². The maximum atomic E-state index is 14.1. The van der Waals surface area contributed by atoms with E-state index in [2.05, 4.69) is 29.2 Å². The van der Waals surface area contributed by atoms with E-state index in [1.165, 1.54) is 18.4 Å². The van der Waals surface area contributed by atoms with Gasteiger partial charge in [0.15, 0.2) is 0 Å². The van der Waals surface area contributed by atoms with Crippen LogP contribution >= 0.6 is 0 Å². The standard InChI is InChI=1S/C30H38N2O3/c1-35-27-16-8-7-14-24(27)20-28(33)31-19-17-26-25(21-31)15-9-18-32(26)30(34)29(23-12-5-6-13-23)22-10-3-2-4-11-22/h2-4,7-8,10-11,14,16,23,25-26,29H,5-6,9,12-13,15,17-21H2,1H3/t25-,26-,29+/m1/s1. The first-order valence-corrected chi connectivity index (χ1v) is 13.4. The maximum Gasteiger partial charge on any atom is 0.230 e. The van der Waals surface area contributed by atoms with E-state index in [0.29, 0.717) is 24.2 Å². The molecule has 0 radical (unpaired) electrons. The summed E-state index contributed by atoms with van der Waals surface area (Å²) >= 11 is 0. The summed E-state index contributed by atoms with van der Waals surface area (Å²) in [6.45, 7) is 2.32. The van der Waals surface area contributed by atoms with Crippen molar-refractivity contribution >= 4 is 11.8 Å². The molecule has 0 aromatic heterocycles. The normalized spacial score (nSPS) is 23.6.